The Labute approximate surface area is 197 Å². The number of nitrogens with zero attached hydrogens (tertiary/aromatic N) is 1. The van der Waals surface area contributed by atoms with Crippen LogP contribution in [0.5, 0.6) is 5.75 Å². The zero-order chi connectivity index (χ0) is 24.3. The number of aliphatic carboxylic acids is 1. The summed E-state index contributed by atoms with van der Waals surface area (Å²) in [5.41, 5.74) is 2.49. The molecular weight excluding hydrogens is 436 g/mol. The van der Waals surface area contributed by atoms with Crippen LogP contribution in [-0.2, 0) is 15.1 Å². The lowest BCUT2D eigenvalue weighted by atomic mass is 9.90. The monoisotopic (exact) mass is 462 g/mol. The van der Waals surface area contributed by atoms with E-state index >= 15 is 0 Å². The summed E-state index contributed by atoms with van der Waals surface area (Å²) >= 11 is 0. The highest BCUT2D eigenvalue weighted by Crippen LogP contribution is 2.34. The normalized spacial score (nSPS) is 15.1. The van der Waals surface area contributed by atoms with Gasteiger partial charge in [0, 0.05) is 5.56 Å². The summed E-state index contributed by atoms with van der Waals surface area (Å²) in [6, 6.07) is 17.0. The number of carboxylic acid groups (broad SMARTS) is 1. The zero-order valence-corrected chi connectivity index (χ0v) is 18.9. The lowest BCUT2D eigenvalue weighted by Crippen LogP contribution is -2.46. The van der Waals surface area contributed by atoms with Crippen molar-refractivity contribution in [1.29, 1.82) is 0 Å². The van der Waals surface area contributed by atoms with E-state index in [1.54, 1.807) is 30.3 Å². The number of aryl methyl sites for hydroxylation is 1. The third-order valence-electron chi connectivity index (χ3n) is 5.91. The number of amides is 1. The predicted octanol–water partition coefficient (Wildman–Crippen LogP) is 3.23. The van der Waals surface area contributed by atoms with E-state index in [4.69, 9.17) is 9.47 Å². The number of nitrogens with one attached hydrogen (secondary N) is 1. The average Bonchev–Trinajstić information content (AvgIpc) is 2.81. The molecule has 3 aromatic rings. The van der Waals surface area contributed by atoms with E-state index in [0.29, 0.717) is 22.6 Å². The van der Waals surface area contributed by atoms with E-state index in [9.17, 15) is 19.8 Å². The minimum Gasteiger partial charge on any atom is -0.494 e. The van der Waals surface area contributed by atoms with Crippen molar-refractivity contribution in [2.24, 2.45) is 0 Å². The molecule has 0 unspecified atom stereocenters. The van der Waals surface area contributed by atoms with Crippen LogP contribution in [0, 0.1) is 6.92 Å². The number of aliphatic hydroxyl groups is 1. The smallest absolute Gasteiger partial charge is 0.305 e. The van der Waals surface area contributed by atoms with E-state index in [2.05, 4.69) is 10.3 Å². The average molecular weight is 463 g/mol. The van der Waals surface area contributed by atoms with Crippen molar-refractivity contribution >= 4 is 11.9 Å². The second kappa shape index (κ2) is 9.62. The molecule has 3 N–H and O–H groups in total. The molecule has 1 atom stereocenters. The molecule has 0 saturated carbocycles. The van der Waals surface area contributed by atoms with Crippen molar-refractivity contribution < 1.29 is 29.3 Å². The highest BCUT2D eigenvalue weighted by atomic mass is 16.5. The maximum Gasteiger partial charge on any atom is 0.305 e. The molecule has 1 aliphatic heterocycles. The first-order valence-electron chi connectivity index (χ1n) is 10.8. The number of hydrogen-bond donors (Lipinski definition) is 3. The Morgan fingerprint density at radius 1 is 1.15 bits per heavy atom. The van der Waals surface area contributed by atoms with Crippen LogP contribution >= 0.6 is 0 Å². The summed E-state index contributed by atoms with van der Waals surface area (Å²) in [6.45, 7) is 2.30. The fraction of sp³-hybridized carbons (Fsp3) is 0.269. The van der Waals surface area contributed by atoms with Gasteiger partial charge in [0.1, 0.15) is 22.7 Å². The highest BCUT2D eigenvalue weighted by molar-refractivity contribution is 5.94. The first-order chi connectivity index (χ1) is 16.3. The molecule has 1 aromatic heterocycles. The molecule has 1 saturated heterocycles. The van der Waals surface area contributed by atoms with Gasteiger partial charge in [-0.25, -0.2) is 4.98 Å². The summed E-state index contributed by atoms with van der Waals surface area (Å²) < 4.78 is 10.6. The molecule has 1 aliphatic rings. The van der Waals surface area contributed by atoms with Crippen LogP contribution in [0.4, 0.5) is 0 Å². The summed E-state index contributed by atoms with van der Waals surface area (Å²) in [5.74, 6) is -1.06. The SMILES string of the molecule is COc1ccc(C(=O)N[C@@H](CC(=O)O)c2ccccc2C)nc1-c1cccc(C2(O)COC2)c1. The molecule has 176 valence electrons. The van der Waals surface area contributed by atoms with Gasteiger partial charge in [0.2, 0.25) is 0 Å². The summed E-state index contributed by atoms with van der Waals surface area (Å²) in [6.07, 6.45) is -0.262. The Morgan fingerprint density at radius 3 is 2.56 bits per heavy atom. The molecule has 1 fully saturated rings. The van der Waals surface area contributed by atoms with Crippen LogP contribution in [0.3, 0.4) is 0 Å². The minimum absolute atomic E-state index is 0.121. The Bertz CT molecular complexity index is 1220. The number of ether oxygens (including phenoxy) is 2. The van der Waals surface area contributed by atoms with Crippen LogP contribution in [0.2, 0.25) is 0 Å². The summed E-state index contributed by atoms with van der Waals surface area (Å²) in [7, 11) is 1.51. The van der Waals surface area contributed by atoms with Gasteiger partial charge in [-0.15, -0.1) is 0 Å². The quantitative estimate of drug-likeness (QED) is 0.470. The van der Waals surface area contributed by atoms with Crippen LogP contribution in [0.1, 0.15) is 39.6 Å². The van der Waals surface area contributed by atoms with E-state index in [1.165, 1.54) is 13.2 Å². The first kappa shape index (κ1) is 23.4. The molecule has 8 nitrogen and oxygen atoms in total. The summed E-state index contributed by atoms with van der Waals surface area (Å²) in [4.78, 5) is 29.1. The molecule has 0 bridgehead atoms. The summed E-state index contributed by atoms with van der Waals surface area (Å²) in [5, 5.41) is 22.8. The van der Waals surface area contributed by atoms with Crippen LogP contribution in [0.25, 0.3) is 11.3 Å². The van der Waals surface area contributed by atoms with Crippen molar-refractivity contribution in [2.45, 2.75) is 25.0 Å². The fourth-order valence-electron chi connectivity index (χ4n) is 3.99. The van der Waals surface area contributed by atoms with Gasteiger partial charge in [0.25, 0.3) is 5.91 Å². The number of carbonyl (C=O) groups excluding carboxylic acids is 1. The number of carboxylic acids is 1. The third-order valence-corrected chi connectivity index (χ3v) is 5.91. The molecule has 2 aromatic carbocycles. The lowest BCUT2D eigenvalue weighted by Gasteiger charge is -2.36. The van der Waals surface area contributed by atoms with Gasteiger partial charge in [0.15, 0.2) is 0 Å². The second-order valence-electron chi connectivity index (χ2n) is 8.33. The van der Waals surface area contributed by atoms with Crippen LogP contribution < -0.4 is 10.1 Å². The molecule has 8 heteroatoms. The number of carbonyl (C=O) groups is 2. The van der Waals surface area contributed by atoms with Gasteiger partial charge in [-0.2, -0.15) is 0 Å². The molecular formula is C26H26N2O6. The van der Waals surface area contributed by atoms with Crippen LogP contribution in [-0.4, -0.2) is 47.4 Å². The van der Waals surface area contributed by atoms with Crippen LogP contribution in [0.15, 0.2) is 60.7 Å². The van der Waals surface area contributed by atoms with Crippen molar-refractivity contribution in [3.05, 3.63) is 83.0 Å². The first-order valence-corrected chi connectivity index (χ1v) is 10.8. The fourth-order valence-corrected chi connectivity index (χ4v) is 3.99. The Kier molecular flexibility index (Phi) is 6.63. The molecule has 34 heavy (non-hydrogen) atoms. The van der Waals surface area contributed by atoms with Crippen molar-refractivity contribution in [3.8, 4) is 17.0 Å². The molecule has 2 heterocycles. The third kappa shape index (κ3) is 4.78. The maximum atomic E-state index is 13.1. The number of aromatic nitrogens is 1. The number of rotatable bonds is 8. The van der Waals surface area contributed by atoms with Gasteiger partial charge in [-0.1, -0.05) is 42.5 Å². The highest BCUT2D eigenvalue weighted by Gasteiger charge is 2.38. The van der Waals surface area contributed by atoms with Gasteiger partial charge in [-0.05, 0) is 41.8 Å². The van der Waals surface area contributed by atoms with Gasteiger partial charge >= 0.3 is 5.97 Å². The maximum absolute atomic E-state index is 13.1. The molecule has 0 radical (unpaired) electrons. The van der Waals surface area contributed by atoms with E-state index in [0.717, 1.165) is 11.1 Å². The Balaban J connectivity index is 1.66. The Hall–Kier alpha value is -3.75. The molecule has 0 spiro atoms. The number of hydrogen-bond acceptors (Lipinski definition) is 6. The van der Waals surface area contributed by atoms with Crippen molar-refractivity contribution in [3.63, 3.8) is 0 Å². The lowest BCUT2D eigenvalue weighted by molar-refractivity contribution is -0.184. The second-order valence-corrected chi connectivity index (χ2v) is 8.33. The van der Waals surface area contributed by atoms with E-state index < -0.39 is 23.5 Å². The Morgan fingerprint density at radius 2 is 1.91 bits per heavy atom. The van der Waals surface area contributed by atoms with Gasteiger partial charge in [-0.3, -0.25) is 9.59 Å². The van der Waals surface area contributed by atoms with Gasteiger partial charge in [0.05, 0.1) is 32.8 Å². The molecule has 0 aliphatic carbocycles. The molecule has 1 amide bonds. The number of benzene rings is 2. The number of methoxy groups -OCH3 is 1. The molecule has 4 rings (SSSR count). The van der Waals surface area contributed by atoms with Gasteiger partial charge < -0.3 is 25.0 Å². The largest absolute Gasteiger partial charge is 0.494 e. The van der Waals surface area contributed by atoms with Crippen molar-refractivity contribution in [1.82, 2.24) is 10.3 Å². The van der Waals surface area contributed by atoms with Crippen molar-refractivity contribution in [2.75, 3.05) is 20.3 Å². The van der Waals surface area contributed by atoms with E-state index in [-0.39, 0.29) is 25.3 Å². The predicted molar refractivity (Wildman–Crippen MR) is 125 cm³/mol. The topological polar surface area (TPSA) is 118 Å². The van der Waals surface area contributed by atoms with E-state index in [1.807, 2.05) is 31.2 Å². The standard InChI is InChI=1S/C26H26N2O6/c1-16-6-3-4-9-19(16)21(13-23(29)30)28-25(31)20-10-11-22(33-2)24(27-20)17-7-5-8-18(12-17)26(32)14-34-15-26/h3-12,21,32H,13-15H2,1-2H3,(H,28,31)(H,29,30)/t21-/m0/s1. The minimum atomic E-state index is -1.05. The number of pyridine rings is 1. The zero-order valence-electron chi connectivity index (χ0n) is 18.9.